The topological polar surface area (TPSA) is 41.6 Å². The molecule has 3 atom stereocenters. The molecule has 1 aliphatic carbocycles. The number of carbonyl (C=O) groups excluding carboxylic acids is 1. The Kier molecular flexibility index (Phi) is 5.08. The van der Waals surface area contributed by atoms with Crippen LogP contribution in [0.4, 0.5) is 0 Å². The molecule has 1 saturated heterocycles. The zero-order valence-corrected chi connectivity index (χ0v) is 13.6. The van der Waals surface area contributed by atoms with Crippen molar-refractivity contribution in [3.8, 4) is 0 Å². The molecule has 0 bridgehead atoms. The van der Waals surface area contributed by atoms with E-state index in [1.807, 2.05) is 0 Å². The average molecular weight is 282 g/mol. The summed E-state index contributed by atoms with van der Waals surface area (Å²) in [6.45, 7) is 8.77. The molecule has 0 aromatic carbocycles. The fraction of sp³-hybridized carbons (Fsp3) is 0.938. The maximum absolute atomic E-state index is 12.7. The third-order valence-electron chi connectivity index (χ3n) is 4.93. The lowest BCUT2D eigenvalue weighted by molar-refractivity contribution is -0.138. The first-order valence-electron chi connectivity index (χ1n) is 8.08. The quantitative estimate of drug-likeness (QED) is 0.813. The molecular weight excluding hydrogens is 252 g/mol. The molecule has 1 saturated carbocycles. The van der Waals surface area contributed by atoms with Crippen LogP contribution in [0.15, 0.2) is 0 Å². The van der Waals surface area contributed by atoms with Crippen molar-refractivity contribution < 1.29 is 9.53 Å². The fourth-order valence-electron chi connectivity index (χ4n) is 3.34. The van der Waals surface area contributed by atoms with E-state index in [4.69, 9.17) is 4.74 Å². The van der Waals surface area contributed by atoms with Crippen LogP contribution in [0.25, 0.3) is 0 Å². The van der Waals surface area contributed by atoms with Gasteiger partial charge in [-0.05, 0) is 31.1 Å². The van der Waals surface area contributed by atoms with Crippen molar-refractivity contribution in [3.05, 3.63) is 0 Å². The van der Waals surface area contributed by atoms with Gasteiger partial charge in [0.2, 0.25) is 5.91 Å². The van der Waals surface area contributed by atoms with E-state index in [0.717, 1.165) is 25.7 Å². The Balaban J connectivity index is 2.06. The van der Waals surface area contributed by atoms with Crippen LogP contribution < -0.4 is 5.32 Å². The van der Waals surface area contributed by atoms with E-state index in [1.165, 1.54) is 0 Å². The molecule has 0 radical (unpaired) electrons. The maximum Gasteiger partial charge on any atom is 0.241 e. The number of amides is 1. The largest absolute Gasteiger partial charge is 0.381 e. The molecule has 4 heteroatoms. The second-order valence-electron chi connectivity index (χ2n) is 6.90. The lowest BCUT2D eigenvalue weighted by Gasteiger charge is -2.43. The smallest absolute Gasteiger partial charge is 0.241 e. The van der Waals surface area contributed by atoms with Crippen molar-refractivity contribution in [2.45, 2.75) is 77.7 Å². The molecule has 0 aromatic rings. The Morgan fingerprint density at radius 2 is 2.00 bits per heavy atom. The lowest BCUT2D eigenvalue weighted by Crippen LogP contribution is -2.53. The lowest BCUT2D eigenvalue weighted by atomic mass is 9.87. The molecule has 1 aliphatic heterocycles. The van der Waals surface area contributed by atoms with Gasteiger partial charge in [-0.25, -0.2) is 0 Å². The van der Waals surface area contributed by atoms with Crippen molar-refractivity contribution in [2.24, 2.45) is 11.8 Å². The van der Waals surface area contributed by atoms with Gasteiger partial charge in [0.15, 0.2) is 0 Å². The Bertz CT molecular complexity index is 339. The van der Waals surface area contributed by atoms with Crippen molar-refractivity contribution in [2.75, 3.05) is 7.11 Å². The summed E-state index contributed by atoms with van der Waals surface area (Å²) in [6, 6.07) is 0.378. The molecule has 1 N–H and O–H groups in total. The molecule has 0 spiro atoms. The SMILES string of the molecule is CCC(C)C1NC(CC(C)C)N(C2CC(OC)C2)C1=O. The molecule has 2 aliphatic rings. The summed E-state index contributed by atoms with van der Waals surface area (Å²) in [5.74, 6) is 1.31. The monoisotopic (exact) mass is 282 g/mol. The van der Waals surface area contributed by atoms with Crippen LogP contribution in [0.5, 0.6) is 0 Å². The van der Waals surface area contributed by atoms with Gasteiger partial charge >= 0.3 is 0 Å². The normalized spacial score (nSPS) is 35.5. The van der Waals surface area contributed by atoms with Gasteiger partial charge in [0.1, 0.15) is 0 Å². The Morgan fingerprint density at radius 3 is 2.50 bits per heavy atom. The average Bonchev–Trinajstić information content (AvgIpc) is 2.65. The summed E-state index contributed by atoms with van der Waals surface area (Å²) >= 11 is 0. The fourth-order valence-corrected chi connectivity index (χ4v) is 3.34. The first-order valence-corrected chi connectivity index (χ1v) is 8.08. The minimum absolute atomic E-state index is 0.00495. The number of hydrogen-bond acceptors (Lipinski definition) is 3. The second kappa shape index (κ2) is 6.44. The third-order valence-corrected chi connectivity index (χ3v) is 4.93. The van der Waals surface area contributed by atoms with Gasteiger partial charge in [0.05, 0.1) is 18.3 Å². The van der Waals surface area contributed by atoms with Crippen LogP contribution in [0.2, 0.25) is 0 Å². The van der Waals surface area contributed by atoms with Crippen LogP contribution in [-0.4, -0.2) is 42.3 Å². The number of rotatable bonds is 6. The van der Waals surface area contributed by atoms with Crippen LogP contribution in [0, 0.1) is 11.8 Å². The highest BCUT2D eigenvalue weighted by Crippen LogP contribution is 2.34. The van der Waals surface area contributed by atoms with Crippen LogP contribution >= 0.6 is 0 Å². The second-order valence-corrected chi connectivity index (χ2v) is 6.90. The molecule has 2 rings (SSSR count). The predicted octanol–water partition coefficient (Wildman–Crippen LogP) is 2.38. The molecule has 4 nitrogen and oxygen atoms in total. The predicted molar refractivity (Wildman–Crippen MR) is 80.3 cm³/mol. The molecule has 2 fully saturated rings. The zero-order chi connectivity index (χ0) is 14.9. The van der Waals surface area contributed by atoms with Gasteiger partial charge in [-0.3, -0.25) is 10.1 Å². The summed E-state index contributed by atoms with van der Waals surface area (Å²) in [6.07, 6.45) is 4.61. The van der Waals surface area contributed by atoms with Crippen LogP contribution in [0.1, 0.15) is 53.4 Å². The molecule has 20 heavy (non-hydrogen) atoms. The van der Waals surface area contributed by atoms with Gasteiger partial charge in [0.25, 0.3) is 0 Å². The molecule has 1 heterocycles. The molecule has 1 amide bonds. The van der Waals surface area contributed by atoms with Crippen molar-refractivity contribution in [1.82, 2.24) is 10.2 Å². The van der Waals surface area contributed by atoms with Crippen molar-refractivity contribution in [3.63, 3.8) is 0 Å². The van der Waals surface area contributed by atoms with Gasteiger partial charge in [-0.15, -0.1) is 0 Å². The minimum atomic E-state index is 0.00495. The number of nitrogens with zero attached hydrogens (tertiary/aromatic N) is 1. The van der Waals surface area contributed by atoms with E-state index >= 15 is 0 Å². The van der Waals surface area contributed by atoms with E-state index in [2.05, 4.69) is 37.9 Å². The van der Waals surface area contributed by atoms with Crippen LogP contribution in [-0.2, 0) is 9.53 Å². The highest BCUT2D eigenvalue weighted by molar-refractivity contribution is 5.85. The van der Waals surface area contributed by atoms with E-state index in [9.17, 15) is 4.79 Å². The summed E-state index contributed by atoms with van der Waals surface area (Å²) < 4.78 is 5.36. The van der Waals surface area contributed by atoms with E-state index in [1.54, 1.807) is 7.11 Å². The summed E-state index contributed by atoms with van der Waals surface area (Å²) in [4.78, 5) is 14.9. The number of carbonyl (C=O) groups is 1. The van der Waals surface area contributed by atoms with E-state index in [-0.39, 0.29) is 12.2 Å². The Morgan fingerprint density at radius 1 is 1.35 bits per heavy atom. The van der Waals surface area contributed by atoms with Gasteiger partial charge < -0.3 is 9.64 Å². The molecule has 3 unspecified atom stereocenters. The summed E-state index contributed by atoms with van der Waals surface area (Å²) in [5.41, 5.74) is 0. The summed E-state index contributed by atoms with van der Waals surface area (Å²) in [5, 5.41) is 3.59. The first-order chi connectivity index (χ1) is 9.47. The van der Waals surface area contributed by atoms with Crippen molar-refractivity contribution >= 4 is 5.91 Å². The number of hydrogen-bond donors (Lipinski definition) is 1. The Hall–Kier alpha value is -0.610. The van der Waals surface area contributed by atoms with E-state index in [0.29, 0.717) is 29.9 Å². The highest BCUT2D eigenvalue weighted by Gasteiger charge is 2.47. The minimum Gasteiger partial charge on any atom is -0.381 e. The number of ether oxygens (including phenoxy) is 1. The summed E-state index contributed by atoms with van der Waals surface area (Å²) in [7, 11) is 1.76. The molecule has 0 aromatic heterocycles. The standard InChI is InChI=1S/C16H30N2O2/c1-6-11(4)15-16(19)18(12-8-13(9-12)20-5)14(17-15)7-10(2)3/h10-15,17H,6-9H2,1-5H3. The molecule has 116 valence electrons. The number of nitrogens with one attached hydrogen (secondary N) is 1. The van der Waals surface area contributed by atoms with Gasteiger partial charge in [-0.1, -0.05) is 34.1 Å². The zero-order valence-electron chi connectivity index (χ0n) is 13.6. The first kappa shape index (κ1) is 15.8. The highest BCUT2D eigenvalue weighted by atomic mass is 16.5. The third kappa shape index (κ3) is 3.01. The van der Waals surface area contributed by atoms with Crippen molar-refractivity contribution in [1.29, 1.82) is 0 Å². The molecular formula is C16H30N2O2. The number of methoxy groups -OCH3 is 1. The van der Waals surface area contributed by atoms with Crippen LogP contribution in [0.3, 0.4) is 0 Å². The Labute approximate surface area is 123 Å². The van der Waals surface area contributed by atoms with Gasteiger partial charge in [-0.2, -0.15) is 0 Å². The van der Waals surface area contributed by atoms with E-state index < -0.39 is 0 Å². The van der Waals surface area contributed by atoms with Gasteiger partial charge in [0, 0.05) is 13.2 Å². The maximum atomic E-state index is 12.7.